The van der Waals surface area contributed by atoms with E-state index >= 15 is 0 Å². The number of rotatable bonds is 1. The second kappa shape index (κ2) is 3.76. The first kappa shape index (κ1) is 9.33. The van der Waals surface area contributed by atoms with Gasteiger partial charge in [-0.1, -0.05) is 18.5 Å². The minimum Gasteiger partial charge on any atom is -0.515 e. The molecule has 0 bridgehead atoms. The Kier molecular flexibility index (Phi) is 2.93. The number of aldehydes is 1. The van der Waals surface area contributed by atoms with Gasteiger partial charge in [0.1, 0.15) is 6.29 Å². The molecule has 0 aromatic carbocycles. The minimum atomic E-state index is 0.381. The molecule has 0 saturated heterocycles. The Morgan fingerprint density at radius 2 is 2.25 bits per heavy atom. The highest BCUT2D eigenvalue weighted by atomic mass is 35.5. The van der Waals surface area contributed by atoms with Crippen LogP contribution < -0.4 is 0 Å². The molecule has 12 heavy (non-hydrogen) atoms. The molecule has 1 aliphatic carbocycles. The van der Waals surface area contributed by atoms with Crippen LogP contribution in [0, 0.1) is 5.92 Å². The highest BCUT2D eigenvalue weighted by Gasteiger charge is 2.20. The molecule has 0 aromatic heterocycles. The van der Waals surface area contributed by atoms with Crippen LogP contribution in [0.1, 0.15) is 19.8 Å². The highest BCUT2D eigenvalue weighted by Crippen LogP contribution is 2.34. The van der Waals surface area contributed by atoms with Gasteiger partial charge < -0.3 is 5.11 Å². The summed E-state index contributed by atoms with van der Waals surface area (Å²) in [6.07, 6.45) is 3.20. The lowest BCUT2D eigenvalue weighted by molar-refractivity contribution is -0.105. The number of hydrogen-bond acceptors (Lipinski definition) is 2. The summed E-state index contributed by atoms with van der Waals surface area (Å²) in [5.74, 6) is 0.381. The number of hydrogen-bond donors (Lipinski definition) is 1. The Morgan fingerprint density at radius 1 is 1.58 bits per heavy atom. The summed E-state index contributed by atoms with van der Waals surface area (Å²) in [7, 11) is 0. The number of halogens is 1. The molecule has 0 saturated carbocycles. The quantitative estimate of drug-likeness (QED) is 0.505. The van der Waals surface area contributed by atoms with Crippen molar-refractivity contribution in [1.29, 1.82) is 0 Å². The molecule has 0 radical (unpaired) electrons. The molecule has 1 rings (SSSR count). The molecule has 0 fully saturated rings. The van der Waals surface area contributed by atoms with E-state index in [1.165, 1.54) is 0 Å². The topological polar surface area (TPSA) is 37.3 Å². The van der Waals surface area contributed by atoms with Crippen LogP contribution in [0.25, 0.3) is 0 Å². The molecule has 66 valence electrons. The number of carbonyl (C=O) groups is 1. The van der Waals surface area contributed by atoms with Gasteiger partial charge in [-0.25, -0.2) is 0 Å². The number of aliphatic hydroxyl groups is 1. The standard InChI is InChI=1S/C9H11ClO2/c1-6-2-7(4-11)9(10)8(3-6)5-12/h4-6,11H,2-3H2,1H3. The van der Waals surface area contributed by atoms with Gasteiger partial charge in [0.05, 0.1) is 11.3 Å². The fraction of sp³-hybridized carbons (Fsp3) is 0.444. The lowest BCUT2D eigenvalue weighted by Crippen LogP contribution is -2.08. The smallest absolute Gasteiger partial charge is 0.147 e. The summed E-state index contributed by atoms with van der Waals surface area (Å²) in [6.45, 7) is 2.02. The van der Waals surface area contributed by atoms with Gasteiger partial charge in [0, 0.05) is 11.1 Å². The van der Waals surface area contributed by atoms with Gasteiger partial charge in [-0.05, 0) is 18.8 Å². The largest absolute Gasteiger partial charge is 0.515 e. The zero-order valence-electron chi connectivity index (χ0n) is 6.88. The third-order valence-electron chi connectivity index (χ3n) is 2.00. The van der Waals surface area contributed by atoms with Gasteiger partial charge in [0.2, 0.25) is 0 Å². The maximum atomic E-state index is 10.5. The summed E-state index contributed by atoms with van der Waals surface area (Å²) < 4.78 is 0. The fourth-order valence-electron chi connectivity index (χ4n) is 1.42. The molecule has 1 unspecified atom stereocenters. The van der Waals surface area contributed by atoms with Crippen molar-refractivity contribution in [2.45, 2.75) is 19.8 Å². The van der Waals surface area contributed by atoms with E-state index < -0.39 is 0 Å². The summed E-state index contributed by atoms with van der Waals surface area (Å²) in [5, 5.41) is 9.22. The van der Waals surface area contributed by atoms with Crippen LogP contribution in [0.5, 0.6) is 0 Å². The molecule has 1 N–H and O–H groups in total. The number of aliphatic hydroxyl groups excluding tert-OH is 1. The van der Waals surface area contributed by atoms with Gasteiger partial charge in [0.15, 0.2) is 0 Å². The number of allylic oxidation sites excluding steroid dienone is 3. The van der Waals surface area contributed by atoms with E-state index in [9.17, 15) is 4.79 Å². The molecule has 1 atom stereocenters. The summed E-state index contributed by atoms with van der Waals surface area (Å²) in [6, 6.07) is 0. The van der Waals surface area contributed by atoms with Gasteiger partial charge in [-0.15, -0.1) is 0 Å². The van der Waals surface area contributed by atoms with E-state index in [0.29, 0.717) is 28.5 Å². The Morgan fingerprint density at radius 3 is 2.75 bits per heavy atom. The molecule has 1 aliphatic rings. The van der Waals surface area contributed by atoms with Crippen molar-refractivity contribution in [2.75, 3.05) is 0 Å². The maximum absolute atomic E-state index is 10.5. The van der Waals surface area contributed by atoms with Crippen molar-refractivity contribution >= 4 is 17.9 Å². The van der Waals surface area contributed by atoms with Crippen molar-refractivity contribution in [3.05, 3.63) is 22.4 Å². The summed E-state index contributed by atoms with van der Waals surface area (Å²) in [4.78, 5) is 10.5. The van der Waals surface area contributed by atoms with Crippen molar-refractivity contribution in [2.24, 2.45) is 5.92 Å². The monoisotopic (exact) mass is 186 g/mol. The van der Waals surface area contributed by atoms with Crippen LogP contribution in [0.3, 0.4) is 0 Å². The fourth-order valence-corrected chi connectivity index (χ4v) is 1.67. The lowest BCUT2D eigenvalue weighted by atomic mass is 9.88. The zero-order valence-corrected chi connectivity index (χ0v) is 7.64. The predicted molar refractivity (Wildman–Crippen MR) is 48.1 cm³/mol. The van der Waals surface area contributed by atoms with Crippen LogP contribution in [0.15, 0.2) is 22.4 Å². The first-order valence-electron chi connectivity index (χ1n) is 3.86. The van der Waals surface area contributed by atoms with E-state index in [4.69, 9.17) is 16.7 Å². The van der Waals surface area contributed by atoms with Gasteiger partial charge in [-0.2, -0.15) is 0 Å². The minimum absolute atomic E-state index is 0.381. The molecular weight excluding hydrogens is 176 g/mol. The molecule has 0 aromatic rings. The van der Waals surface area contributed by atoms with Crippen molar-refractivity contribution in [3.8, 4) is 0 Å². The summed E-state index contributed by atoms with van der Waals surface area (Å²) in [5.41, 5.74) is 1.26. The van der Waals surface area contributed by atoms with Crippen LogP contribution >= 0.6 is 11.6 Å². The summed E-state index contributed by atoms with van der Waals surface area (Å²) >= 11 is 5.83. The Bertz CT molecular complexity index is 253. The van der Waals surface area contributed by atoms with Crippen LogP contribution in [0.4, 0.5) is 0 Å². The Labute approximate surface area is 76.5 Å². The lowest BCUT2D eigenvalue weighted by Gasteiger charge is -2.20. The SMILES string of the molecule is CC1CC(=CO)C(Cl)=C(C=O)C1. The van der Waals surface area contributed by atoms with E-state index in [1.54, 1.807) is 0 Å². The van der Waals surface area contributed by atoms with Gasteiger partial charge in [-0.3, -0.25) is 4.79 Å². The van der Waals surface area contributed by atoms with Crippen molar-refractivity contribution in [3.63, 3.8) is 0 Å². The predicted octanol–water partition coefficient (Wildman–Crippen LogP) is 2.55. The third kappa shape index (κ3) is 1.69. The molecule has 0 heterocycles. The average Bonchev–Trinajstić information content (AvgIpc) is 2.08. The second-order valence-electron chi connectivity index (χ2n) is 3.12. The van der Waals surface area contributed by atoms with Crippen LogP contribution in [-0.4, -0.2) is 11.4 Å². The van der Waals surface area contributed by atoms with E-state index in [0.717, 1.165) is 19.0 Å². The number of carbonyl (C=O) groups excluding carboxylic acids is 1. The second-order valence-corrected chi connectivity index (χ2v) is 3.50. The molecule has 2 nitrogen and oxygen atoms in total. The molecule has 0 amide bonds. The van der Waals surface area contributed by atoms with Gasteiger partial charge in [0.25, 0.3) is 0 Å². The average molecular weight is 187 g/mol. The van der Waals surface area contributed by atoms with E-state index in [2.05, 4.69) is 0 Å². The Hall–Kier alpha value is -0.760. The molecule has 0 spiro atoms. The van der Waals surface area contributed by atoms with E-state index in [-0.39, 0.29) is 0 Å². The van der Waals surface area contributed by atoms with Crippen molar-refractivity contribution in [1.82, 2.24) is 0 Å². The first-order chi connectivity index (χ1) is 5.69. The molecule has 3 heteroatoms. The van der Waals surface area contributed by atoms with E-state index in [1.807, 2.05) is 6.92 Å². The molecular formula is C9H11ClO2. The molecule has 0 aliphatic heterocycles. The Balaban J connectivity index is 3.01. The maximum Gasteiger partial charge on any atom is 0.147 e. The van der Waals surface area contributed by atoms with Gasteiger partial charge >= 0.3 is 0 Å². The first-order valence-corrected chi connectivity index (χ1v) is 4.24. The van der Waals surface area contributed by atoms with Crippen LogP contribution in [0.2, 0.25) is 0 Å². The normalized spacial score (nSPS) is 27.8. The highest BCUT2D eigenvalue weighted by molar-refractivity contribution is 6.33. The van der Waals surface area contributed by atoms with Crippen molar-refractivity contribution < 1.29 is 9.90 Å². The third-order valence-corrected chi connectivity index (χ3v) is 2.48. The van der Waals surface area contributed by atoms with Crippen LogP contribution in [-0.2, 0) is 4.79 Å². The zero-order chi connectivity index (χ0) is 9.14.